The molecule has 0 fully saturated rings. The molecule has 0 unspecified atom stereocenters. The van der Waals surface area contributed by atoms with Crippen LogP contribution in [0.3, 0.4) is 0 Å². The number of para-hydroxylation sites is 1. The number of aryl methyl sites for hydroxylation is 2. The van der Waals surface area contributed by atoms with E-state index in [1.807, 2.05) is 41.9 Å². The van der Waals surface area contributed by atoms with Crippen molar-refractivity contribution in [1.82, 2.24) is 20.1 Å². The van der Waals surface area contributed by atoms with Gasteiger partial charge in [-0.05, 0) is 49.1 Å². The van der Waals surface area contributed by atoms with Crippen molar-refractivity contribution in [2.45, 2.75) is 40.2 Å². The molecule has 0 saturated carbocycles. The van der Waals surface area contributed by atoms with Crippen molar-refractivity contribution >= 4 is 5.91 Å². The molecule has 5 nitrogen and oxygen atoms in total. The van der Waals surface area contributed by atoms with Crippen LogP contribution in [0.1, 0.15) is 52.6 Å². The molecule has 0 aliphatic rings. The number of benzene rings is 1. The molecule has 134 valence electrons. The van der Waals surface area contributed by atoms with Crippen LogP contribution in [0.4, 0.5) is 0 Å². The Morgan fingerprint density at radius 3 is 2.46 bits per heavy atom. The van der Waals surface area contributed by atoms with Gasteiger partial charge in [0.25, 0.3) is 5.91 Å². The van der Waals surface area contributed by atoms with Crippen LogP contribution < -0.4 is 5.32 Å². The maximum absolute atomic E-state index is 12.9. The summed E-state index contributed by atoms with van der Waals surface area (Å²) in [5.74, 6) is 0.0697. The van der Waals surface area contributed by atoms with E-state index in [1.54, 1.807) is 12.4 Å². The third kappa shape index (κ3) is 3.52. The van der Waals surface area contributed by atoms with Gasteiger partial charge in [-0.25, -0.2) is 4.68 Å². The van der Waals surface area contributed by atoms with E-state index >= 15 is 0 Å². The summed E-state index contributed by atoms with van der Waals surface area (Å²) in [6, 6.07) is 11.9. The van der Waals surface area contributed by atoms with E-state index in [9.17, 15) is 4.79 Å². The van der Waals surface area contributed by atoms with Gasteiger partial charge in [0.1, 0.15) is 0 Å². The number of nitrogens with one attached hydrogen (secondary N) is 1. The van der Waals surface area contributed by atoms with E-state index in [2.05, 4.69) is 42.2 Å². The number of carbonyl (C=O) groups is 1. The summed E-state index contributed by atoms with van der Waals surface area (Å²) in [5.41, 5.74) is 5.49. The molecular weight excluding hydrogens is 324 g/mol. The molecule has 1 amide bonds. The molecular formula is C21H24N4O. The predicted octanol–water partition coefficient (Wildman–Crippen LogP) is 3.94. The Kier molecular flexibility index (Phi) is 5.16. The largest absolute Gasteiger partial charge is 0.348 e. The number of aromatic nitrogens is 3. The first-order valence-electron chi connectivity index (χ1n) is 8.81. The number of carbonyl (C=O) groups excluding carboxylic acids is 1. The first-order valence-corrected chi connectivity index (χ1v) is 8.81. The Bertz CT molecular complexity index is 913. The predicted molar refractivity (Wildman–Crippen MR) is 103 cm³/mol. The Hall–Kier alpha value is -2.95. The highest BCUT2D eigenvalue weighted by Crippen LogP contribution is 2.27. The van der Waals surface area contributed by atoms with Gasteiger partial charge in [0.15, 0.2) is 0 Å². The van der Waals surface area contributed by atoms with E-state index in [0.717, 1.165) is 28.2 Å². The second-order valence-electron chi connectivity index (χ2n) is 6.74. The van der Waals surface area contributed by atoms with Gasteiger partial charge >= 0.3 is 0 Å². The van der Waals surface area contributed by atoms with E-state index in [-0.39, 0.29) is 11.8 Å². The van der Waals surface area contributed by atoms with E-state index in [4.69, 9.17) is 0 Å². The first-order chi connectivity index (χ1) is 12.5. The van der Waals surface area contributed by atoms with Crippen molar-refractivity contribution in [1.29, 1.82) is 0 Å². The van der Waals surface area contributed by atoms with Crippen LogP contribution in [0.15, 0.2) is 48.8 Å². The number of amides is 1. The van der Waals surface area contributed by atoms with Gasteiger partial charge in [0.2, 0.25) is 0 Å². The molecule has 2 heterocycles. The lowest BCUT2D eigenvalue weighted by atomic mass is 10.0. The van der Waals surface area contributed by atoms with Gasteiger partial charge in [0.05, 0.1) is 22.6 Å². The quantitative estimate of drug-likeness (QED) is 0.760. The summed E-state index contributed by atoms with van der Waals surface area (Å²) < 4.78 is 1.91. The van der Waals surface area contributed by atoms with Crippen molar-refractivity contribution in [3.63, 3.8) is 0 Å². The summed E-state index contributed by atoms with van der Waals surface area (Å²) in [6.45, 7) is 8.59. The molecule has 3 aromatic rings. The average molecular weight is 348 g/mol. The van der Waals surface area contributed by atoms with Crippen LogP contribution in [0.25, 0.3) is 5.69 Å². The number of pyridine rings is 1. The molecule has 0 atom stereocenters. The Balaban J connectivity index is 1.97. The molecule has 0 radical (unpaired) electrons. The van der Waals surface area contributed by atoms with Crippen molar-refractivity contribution in [3.05, 3.63) is 76.9 Å². The highest BCUT2D eigenvalue weighted by Gasteiger charge is 2.24. The minimum absolute atomic E-state index is 0.0946. The van der Waals surface area contributed by atoms with Crippen LogP contribution in [-0.2, 0) is 6.54 Å². The van der Waals surface area contributed by atoms with Gasteiger partial charge in [-0.1, -0.05) is 32.0 Å². The van der Waals surface area contributed by atoms with Gasteiger partial charge < -0.3 is 5.32 Å². The molecule has 3 rings (SSSR count). The molecule has 1 aromatic carbocycles. The Morgan fingerprint density at radius 2 is 1.81 bits per heavy atom. The van der Waals surface area contributed by atoms with Gasteiger partial charge in [-0.2, -0.15) is 5.10 Å². The zero-order chi connectivity index (χ0) is 18.7. The Morgan fingerprint density at radius 1 is 1.12 bits per heavy atom. The maximum atomic E-state index is 12.9. The van der Waals surface area contributed by atoms with Gasteiger partial charge in [-0.15, -0.1) is 0 Å². The molecule has 2 aromatic heterocycles. The number of hydrogen-bond donors (Lipinski definition) is 1. The summed E-state index contributed by atoms with van der Waals surface area (Å²) in [5, 5.41) is 7.70. The fraction of sp³-hybridized carbons (Fsp3) is 0.286. The van der Waals surface area contributed by atoms with Crippen molar-refractivity contribution < 1.29 is 4.79 Å². The lowest BCUT2D eigenvalue weighted by molar-refractivity contribution is 0.0949. The normalized spacial score (nSPS) is 11.0. The van der Waals surface area contributed by atoms with Crippen molar-refractivity contribution in [3.8, 4) is 5.69 Å². The fourth-order valence-electron chi connectivity index (χ4n) is 3.12. The SMILES string of the molecule is Cc1ccccc1-n1nc(C)c(C(=O)NCc2ccncc2)c1C(C)C. The van der Waals surface area contributed by atoms with Crippen LogP contribution in [0.2, 0.25) is 0 Å². The Labute approximate surface area is 154 Å². The van der Waals surface area contributed by atoms with Crippen LogP contribution in [-0.4, -0.2) is 20.7 Å². The van der Waals surface area contributed by atoms with E-state index < -0.39 is 0 Å². The standard InChI is InChI=1S/C21H24N4O/c1-14(2)20-19(21(26)23-13-17-9-11-22-12-10-17)16(4)24-25(20)18-8-6-5-7-15(18)3/h5-12,14H,13H2,1-4H3,(H,23,26). The second-order valence-corrected chi connectivity index (χ2v) is 6.74. The first kappa shape index (κ1) is 17.9. The van der Waals surface area contributed by atoms with Crippen LogP contribution >= 0.6 is 0 Å². The zero-order valence-corrected chi connectivity index (χ0v) is 15.7. The second kappa shape index (κ2) is 7.52. The zero-order valence-electron chi connectivity index (χ0n) is 15.7. The summed E-state index contributed by atoms with van der Waals surface area (Å²) in [4.78, 5) is 16.9. The summed E-state index contributed by atoms with van der Waals surface area (Å²) >= 11 is 0. The van der Waals surface area contributed by atoms with Gasteiger partial charge in [-0.3, -0.25) is 9.78 Å². The lowest BCUT2D eigenvalue weighted by Crippen LogP contribution is -2.25. The molecule has 0 spiro atoms. The maximum Gasteiger partial charge on any atom is 0.255 e. The summed E-state index contributed by atoms with van der Waals surface area (Å²) in [7, 11) is 0. The van der Waals surface area contributed by atoms with Crippen LogP contribution in [0.5, 0.6) is 0 Å². The third-order valence-corrected chi connectivity index (χ3v) is 4.42. The van der Waals surface area contributed by atoms with Crippen LogP contribution in [0, 0.1) is 13.8 Å². The molecule has 1 N–H and O–H groups in total. The minimum atomic E-state index is -0.0946. The molecule has 0 aliphatic carbocycles. The topological polar surface area (TPSA) is 59.8 Å². The molecule has 5 heteroatoms. The van der Waals surface area contributed by atoms with Crippen molar-refractivity contribution in [2.24, 2.45) is 0 Å². The number of nitrogens with zero attached hydrogens (tertiary/aromatic N) is 3. The number of rotatable bonds is 5. The monoisotopic (exact) mass is 348 g/mol. The molecule has 26 heavy (non-hydrogen) atoms. The summed E-state index contributed by atoms with van der Waals surface area (Å²) in [6.07, 6.45) is 3.45. The minimum Gasteiger partial charge on any atom is -0.348 e. The molecule has 0 aliphatic heterocycles. The number of hydrogen-bond acceptors (Lipinski definition) is 3. The van der Waals surface area contributed by atoms with E-state index in [0.29, 0.717) is 12.1 Å². The average Bonchev–Trinajstić information content (AvgIpc) is 2.98. The van der Waals surface area contributed by atoms with E-state index in [1.165, 1.54) is 0 Å². The van der Waals surface area contributed by atoms with Gasteiger partial charge in [0, 0.05) is 18.9 Å². The smallest absolute Gasteiger partial charge is 0.255 e. The molecule has 0 bridgehead atoms. The van der Waals surface area contributed by atoms with Crippen molar-refractivity contribution in [2.75, 3.05) is 0 Å². The highest BCUT2D eigenvalue weighted by molar-refractivity contribution is 5.96. The lowest BCUT2D eigenvalue weighted by Gasteiger charge is -2.14. The highest BCUT2D eigenvalue weighted by atomic mass is 16.1. The molecule has 0 saturated heterocycles. The fourth-order valence-corrected chi connectivity index (χ4v) is 3.12. The third-order valence-electron chi connectivity index (χ3n) is 4.42.